The first kappa shape index (κ1) is 45.5. The number of benzene rings is 20. The maximum atomic E-state index is 2.62. The average molecular weight is 1060 g/mol. The summed E-state index contributed by atoms with van der Waals surface area (Å²) in [5.41, 5.74) is 23.4. The summed E-state index contributed by atoms with van der Waals surface area (Å²) in [7, 11) is 0. The van der Waals surface area contributed by atoms with Gasteiger partial charge in [0.15, 0.2) is 0 Å². The average Bonchev–Trinajstić information content (AvgIpc) is 1.92. The highest BCUT2D eigenvalue weighted by molar-refractivity contribution is 6.63. The molecule has 0 amide bonds. The SMILES string of the molecule is Cc1cc(C)c(-c2c3ccc4cc5c(-c6ccccc6)c(-c6ccccc6)c6ccc7c(-c8c(C)cc(C)cc8C)c8ccc9cc%10c(-c%11ccccc%11)c(-c%11ccccc%11)c%11ccc2c2c%11c%10c%10c9c8c8c7c6c5c5c4c3c2c%10c58)c(C)c1. The fourth-order valence-corrected chi connectivity index (χ4v) is 18.1. The molecular weight excluding hydrogens is 1010 g/mol. The maximum Gasteiger partial charge on any atom is -0.00000188 e. The lowest BCUT2D eigenvalue weighted by Gasteiger charge is -2.33. The Bertz CT molecular complexity index is 5720. The third-order valence-corrected chi connectivity index (χ3v) is 20.5. The van der Waals surface area contributed by atoms with Crippen LogP contribution in [-0.2, 0) is 0 Å². The predicted octanol–water partition coefficient (Wildman–Crippen LogP) is 24.0. The Labute approximate surface area is 485 Å². The first-order valence-corrected chi connectivity index (χ1v) is 30.0. The molecule has 20 aromatic carbocycles. The fraction of sp³-hybridized carbons (Fsp3) is 0.0714. The van der Waals surface area contributed by atoms with E-state index in [1.165, 1.54) is 240 Å². The number of rotatable bonds is 6. The topological polar surface area (TPSA) is 0 Å². The summed E-state index contributed by atoms with van der Waals surface area (Å²) in [6.45, 7) is 13.9. The van der Waals surface area contributed by atoms with Crippen LogP contribution in [0, 0.1) is 41.5 Å². The largest absolute Gasteiger partial charge is 0.0622 e. The third kappa shape index (κ3) is 5.26. The molecule has 0 N–H and O–H groups in total. The first-order valence-electron chi connectivity index (χ1n) is 30.0. The standard InChI is InChI=1S/C84H52/c1-41-35-43(3)61(44(4)36-41)69-55-29-27-51-39-60-66(50-25-17-10-18-26-50)64(48-21-13-8-14-22-48)54-32-34-58-70(62-45(5)37-42(2)38-46(62)6)56-30-28-52-40-59-65(49-23-15-9-16-24-49)63(47-19-11-7-12-20-47)53-31-33-57(69)75-73(53)77(59)80-68(52)72(56)82-76(58)74(54)78(60)79-67(51)71(55)81(75)83(80)84(79)82/h7-40H,1-6H3. The van der Waals surface area contributed by atoms with Crippen molar-refractivity contribution >= 4 is 140 Å². The molecule has 0 aliphatic carbocycles. The van der Waals surface area contributed by atoms with Gasteiger partial charge in [-0.25, -0.2) is 0 Å². The van der Waals surface area contributed by atoms with Crippen LogP contribution in [0.15, 0.2) is 206 Å². The van der Waals surface area contributed by atoms with Gasteiger partial charge in [0, 0.05) is 0 Å². The zero-order valence-electron chi connectivity index (χ0n) is 47.6. The van der Waals surface area contributed by atoms with Gasteiger partial charge in [-0.05, 0) is 283 Å². The van der Waals surface area contributed by atoms with Crippen molar-refractivity contribution in [3.63, 3.8) is 0 Å². The van der Waals surface area contributed by atoms with Crippen molar-refractivity contribution in [1.82, 2.24) is 0 Å². The minimum Gasteiger partial charge on any atom is -0.0622 e. The Morgan fingerprint density at radius 3 is 0.714 bits per heavy atom. The summed E-state index contributed by atoms with van der Waals surface area (Å²) in [6, 6.07) is 80.3. The van der Waals surface area contributed by atoms with Crippen molar-refractivity contribution in [3.05, 3.63) is 240 Å². The minimum absolute atomic E-state index is 1.24. The molecule has 0 nitrogen and oxygen atoms in total. The van der Waals surface area contributed by atoms with Crippen LogP contribution in [0.3, 0.4) is 0 Å². The molecule has 0 aromatic heterocycles. The van der Waals surface area contributed by atoms with Gasteiger partial charge in [0.1, 0.15) is 0 Å². The van der Waals surface area contributed by atoms with E-state index in [2.05, 4.69) is 248 Å². The Balaban J connectivity index is 1.17. The summed E-state index contributed by atoms with van der Waals surface area (Å²) < 4.78 is 0. The molecule has 84 heavy (non-hydrogen) atoms. The van der Waals surface area contributed by atoms with Gasteiger partial charge in [-0.15, -0.1) is 0 Å². The van der Waals surface area contributed by atoms with E-state index in [9.17, 15) is 0 Å². The Hall–Kier alpha value is -10.1. The molecule has 0 aliphatic rings. The summed E-state index contributed by atoms with van der Waals surface area (Å²) in [4.78, 5) is 0. The van der Waals surface area contributed by atoms with Crippen LogP contribution in [0.25, 0.3) is 207 Å². The van der Waals surface area contributed by atoms with Gasteiger partial charge in [0.05, 0.1) is 0 Å². The summed E-state index contributed by atoms with van der Waals surface area (Å²) >= 11 is 0. The number of hydrogen-bond acceptors (Lipinski definition) is 0. The van der Waals surface area contributed by atoms with E-state index in [4.69, 9.17) is 0 Å². The summed E-state index contributed by atoms with van der Waals surface area (Å²) in [6.07, 6.45) is 0. The summed E-state index contributed by atoms with van der Waals surface area (Å²) in [5, 5.41) is 35.6. The van der Waals surface area contributed by atoms with E-state index in [-0.39, 0.29) is 0 Å². The van der Waals surface area contributed by atoms with Crippen LogP contribution in [-0.4, -0.2) is 0 Å². The zero-order chi connectivity index (χ0) is 55.4. The van der Waals surface area contributed by atoms with Gasteiger partial charge in [0.2, 0.25) is 0 Å². The lowest BCUT2D eigenvalue weighted by molar-refractivity contribution is 1.33. The summed E-state index contributed by atoms with van der Waals surface area (Å²) in [5.74, 6) is 0. The van der Waals surface area contributed by atoms with Crippen molar-refractivity contribution in [2.45, 2.75) is 41.5 Å². The Morgan fingerprint density at radius 1 is 0.167 bits per heavy atom. The van der Waals surface area contributed by atoms with E-state index in [1.807, 2.05) is 0 Å². The molecule has 0 bridgehead atoms. The van der Waals surface area contributed by atoms with Gasteiger partial charge in [-0.2, -0.15) is 0 Å². The fourth-order valence-electron chi connectivity index (χ4n) is 18.1. The molecule has 0 aliphatic heterocycles. The molecule has 0 unspecified atom stereocenters. The predicted molar refractivity (Wildman–Crippen MR) is 365 cm³/mol. The lowest BCUT2D eigenvalue weighted by Crippen LogP contribution is -2.05. The molecule has 0 saturated heterocycles. The van der Waals surface area contributed by atoms with Gasteiger partial charge < -0.3 is 0 Å². The van der Waals surface area contributed by atoms with Crippen molar-refractivity contribution in [2.24, 2.45) is 0 Å². The van der Waals surface area contributed by atoms with Crippen LogP contribution in [0.2, 0.25) is 0 Å². The van der Waals surface area contributed by atoms with Crippen LogP contribution >= 0.6 is 0 Å². The molecule has 0 fully saturated rings. The lowest BCUT2D eigenvalue weighted by atomic mass is 9.69. The maximum absolute atomic E-state index is 2.62. The number of aryl methyl sites for hydroxylation is 6. The van der Waals surface area contributed by atoms with Gasteiger partial charge in [-0.3, -0.25) is 0 Å². The first-order chi connectivity index (χ1) is 41.2. The van der Waals surface area contributed by atoms with Crippen LogP contribution in [0.4, 0.5) is 0 Å². The van der Waals surface area contributed by atoms with E-state index in [1.54, 1.807) is 0 Å². The second-order valence-electron chi connectivity index (χ2n) is 25.1. The number of hydrogen-bond donors (Lipinski definition) is 0. The van der Waals surface area contributed by atoms with Crippen molar-refractivity contribution in [3.8, 4) is 66.8 Å². The molecule has 0 heteroatoms. The van der Waals surface area contributed by atoms with Crippen molar-refractivity contribution in [1.29, 1.82) is 0 Å². The molecule has 20 rings (SSSR count). The highest BCUT2D eigenvalue weighted by Crippen LogP contribution is 2.65. The van der Waals surface area contributed by atoms with Gasteiger partial charge in [-0.1, -0.05) is 205 Å². The molecule has 0 heterocycles. The normalized spacial score (nSPS) is 12.9. The van der Waals surface area contributed by atoms with Crippen LogP contribution in [0.1, 0.15) is 33.4 Å². The van der Waals surface area contributed by atoms with Gasteiger partial charge in [0.25, 0.3) is 0 Å². The monoisotopic (exact) mass is 1060 g/mol. The Morgan fingerprint density at radius 2 is 0.393 bits per heavy atom. The van der Waals surface area contributed by atoms with E-state index >= 15 is 0 Å². The second-order valence-corrected chi connectivity index (χ2v) is 25.1. The quantitative estimate of drug-likeness (QED) is 0.115. The van der Waals surface area contributed by atoms with E-state index in [0.29, 0.717) is 0 Å². The smallest absolute Gasteiger partial charge is 0.00000188 e. The molecule has 0 atom stereocenters. The van der Waals surface area contributed by atoms with Crippen molar-refractivity contribution in [2.75, 3.05) is 0 Å². The Kier molecular flexibility index (Phi) is 8.38. The molecule has 0 saturated carbocycles. The molecule has 0 spiro atoms. The van der Waals surface area contributed by atoms with Crippen LogP contribution in [0.5, 0.6) is 0 Å². The van der Waals surface area contributed by atoms with Crippen molar-refractivity contribution < 1.29 is 0 Å². The van der Waals surface area contributed by atoms with Crippen LogP contribution < -0.4 is 0 Å². The second kappa shape index (κ2) is 15.5. The molecule has 0 radical (unpaired) electrons. The minimum atomic E-state index is 1.24. The third-order valence-electron chi connectivity index (χ3n) is 20.5. The highest BCUT2D eigenvalue weighted by atomic mass is 14.4. The van der Waals surface area contributed by atoms with E-state index < -0.39 is 0 Å². The highest BCUT2D eigenvalue weighted by Gasteiger charge is 2.37. The van der Waals surface area contributed by atoms with E-state index in [0.717, 1.165) is 0 Å². The molecular formula is C84H52. The van der Waals surface area contributed by atoms with Gasteiger partial charge >= 0.3 is 0 Å². The molecule has 20 aromatic rings. The molecule has 388 valence electrons. The zero-order valence-corrected chi connectivity index (χ0v) is 47.6.